The van der Waals surface area contributed by atoms with Crippen LogP contribution in [0.1, 0.15) is 0 Å². The summed E-state index contributed by atoms with van der Waals surface area (Å²) in [4.78, 5) is 9.65. The van der Waals surface area contributed by atoms with Gasteiger partial charge in [0.2, 0.25) is 0 Å². The van der Waals surface area contributed by atoms with Crippen molar-refractivity contribution in [3.63, 3.8) is 0 Å². The van der Waals surface area contributed by atoms with Crippen molar-refractivity contribution >= 4 is 5.97 Å². The Kier molecular flexibility index (Phi) is 2.32. The monoisotopic (exact) mass is 106 g/mol. The van der Waals surface area contributed by atoms with E-state index < -0.39 is 18.6 Å². The predicted octanol–water partition coefficient (Wildman–Crippen LogP) is -1.61. The van der Waals surface area contributed by atoms with Gasteiger partial charge in [-0.1, -0.05) is 0 Å². The molecule has 0 saturated carbocycles. The fourth-order valence-corrected chi connectivity index (χ4v) is 0.0781. The number of carboxylic acid groups (broad SMARTS) is 1. The van der Waals surface area contributed by atoms with Crippen LogP contribution >= 0.6 is 0 Å². The average molecular weight is 106 g/mol. The molecule has 1 atom stereocenters. The van der Waals surface area contributed by atoms with Gasteiger partial charge in [-0.25, -0.2) is 0 Å². The lowest BCUT2D eigenvalue weighted by molar-refractivity contribution is -0.139. The Hall–Kier alpha value is -0.610. The second kappa shape index (κ2) is 2.54. The molecule has 0 bridgehead atoms. The van der Waals surface area contributed by atoms with Crippen LogP contribution in [0.3, 0.4) is 0 Å². The third kappa shape index (κ3) is 2.13. The van der Waals surface area contributed by atoms with Gasteiger partial charge in [0.25, 0.3) is 0 Å². The van der Waals surface area contributed by atoms with Gasteiger partial charge in [0.1, 0.15) is 6.04 Å². The predicted molar refractivity (Wildman–Crippen MR) is 22.7 cm³/mol. The van der Waals surface area contributed by atoms with Crippen molar-refractivity contribution in [3.05, 3.63) is 0 Å². The quantitative estimate of drug-likeness (QED) is 0.370. The van der Waals surface area contributed by atoms with Gasteiger partial charge < -0.3 is 15.9 Å². The highest BCUT2D eigenvalue weighted by Gasteiger charge is 2.06. The molecule has 0 radical (unpaired) electrons. The first-order chi connectivity index (χ1) is 3.18. The number of hydrogen-bond acceptors (Lipinski definition) is 3. The molecule has 0 aliphatic heterocycles. The van der Waals surface area contributed by atoms with E-state index in [1.807, 2.05) is 0 Å². The van der Waals surface area contributed by atoms with Crippen LogP contribution < -0.4 is 5.73 Å². The molecule has 4 heteroatoms. The normalized spacial score (nSPS) is 13.4. The highest BCUT2D eigenvalue weighted by molar-refractivity contribution is 5.73. The average Bonchev–Trinajstić information content (AvgIpc) is 1.65. The van der Waals surface area contributed by atoms with Crippen molar-refractivity contribution in [2.75, 3.05) is 6.61 Å². The molecule has 0 heterocycles. The van der Waals surface area contributed by atoms with Crippen LogP contribution in [0.4, 0.5) is 0 Å². The molecule has 0 aromatic heterocycles. The summed E-state index contributed by atoms with van der Waals surface area (Å²) in [7, 11) is 0. The number of carboxylic acids is 1. The number of rotatable bonds is 2. The van der Waals surface area contributed by atoms with Gasteiger partial charge in [-0.2, -0.15) is 0 Å². The van der Waals surface area contributed by atoms with E-state index in [0.717, 1.165) is 0 Å². The lowest BCUT2D eigenvalue weighted by atomic mass is 10.5. The van der Waals surface area contributed by atoms with Gasteiger partial charge in [-0.05, 0) is 0 Å². The van der Waals surface area contributed by atoms with Gasteiger partial charge >= 0.3 is 5.97 Å². The van der Waals surface area contributed by atoms with Crippen LogP contribution in [-0.2, 0) is 4.79 Å². The topological polar surface area (TPSA) is 83.5 Å². The molecule has 4 N–H and O–H groups in total. The van der Waals surface area contributed by atoms with Gasteiger partial charge in [-0.15, -0.1) is 0 Å². The molecule has 0 aliphatic rings. The van der Waals surface area contributed by atoms with Crippen molar-refractivity contribution in [3.8, 4) is 0 Å². The molecule has 0 rings (SSSR count). The molecule has 0 unspecified atom stereocenters. The number of hydrogen-bond donors (Lipinski definition) is 3. The summed E-state index contributed by atoms with van der Waals surface area (Å²) in [5.41, 5.74) is 4.77. The van der Waals surface area contributed by atoms with E-state index in [4.69, 9.17) is 15.9 Å². The molecule has 7 heavy (non-hydrogen) atoms. The summed E-state index contributed by atoms with van der Waals surface area (Å²) in [5.74, 6) is -1.18. The fourth-order valence-electron chi connectivity index (χ4n) is 0.0781. The second-order valence-electron chi connectivity index (χ2n) is 1.13. The number of nitrogens with two attached hydrogens (primary N) is 1. The third-order valence-corrected chi connectivity index (χ3v) is 0.514. The van der Waals surface area contributed by atoms with Gasteiger partial charge in [0.05, 0.1) is 6.61 Å². The molecule has 0 aromatic rings. The van der Waals surface area contributed by atoms with E-state index in [9.17, 15) is 4.79 Å². The maximum atomic E-state index is 9.65. The number of carbonyl (C=O) groups is 1. The molecule has 0 fully saturated rings. The maximum absolute atomic E-state index is 9.65. The van der Waals surface area contributed by atoms with E-state index in [0.29, 0.717) is 0 Å². The van der Waals surface area contributed by atoms with Gasteiger partial charge in [0, 0.05) is 0 Å². The largest absolute Gasteiger partial charge is 0.480 e. The van der Waals surface area contributed by atoms with Gasteiger partial charge in [-0.3, -0.25) is 4.79 Å². The number of aliphatic carboxylic acids is 1. The van der Waals surface area contributed by atoms with E-state index in [2.05, 4.69) is 0 Å². The molecule has 4 nitrogen and oxygen atoms in total. The molecular weight excluding hydrogens is 99.0 g/mol. The zero-order chi connectivity index (χ0) is 5.86. The van der Waals surface area contributed by atoms with Gasteiger partial charge in [0.15, 0.2) is 0 Å². The first kappa shape index (κ1) is 6.39. The number of aliphatic hydroxyl groups excluding tert-OH is 1. The van der Waals surface area contributed by atoms with Crippen LogP contribution in [0.25, 0.3) is 0 Å². The van der Waals surface area contributed by atoms with E-state index in [-0.39, 0.29) is 0 Å². The molecule has 0 aromatic carbocycles. The Bertz CT molecular complexity index is 72.6. The molecule has 0 saturated heterocycles. The molecule has 0 amide bonds. The van der Waals surface area contributed by atoms with Crippen molar-refractivity contribution in [2.45, 2.75) is 6.04 Å². The Morgan fingerprint density at radius 3 is 2.29 bits per heavy atom. The zero-order valence-electron chi connectivity index (χ0n) is 3.66. The summed E-state index contributed by atoms with van der Waals surface area (Å²) in [6, 6.07) is -1.13. The third-order valence-electron chi connectivity index (χ3n) is 0.514. The highest BCUT2D eigenvalue weighted by Crippen LogP contribution is 1.71. The Morgan fingerprint density at radius 2 is 2.29 bits per heavy atom. The molecule has 0 spiro atoms. The Morgan fingerprint density at radius 1 is 1.86 bits per heavy atom. The van der Waals surface area contributed by atoms with Crippen LogP contribution in [0, 0.1) is 0 Å². The lowest BCUT2D eigenvalue weighted by Crippen LogP contribution is -2.33. The Balaban J connectivity index is 3.34. The molecule has 42 valence electrons. The maximum Gasteiger partial charge on any atom is 0.322 e. The summed E-state index contributed by atoms with van der Waals surface area (Å²) in [5, 5.41) is 15.9. The minimum absolute atomic E-state index is 0.505. The van der Waals surface area contributed by atoms with Crippen LogP contribution in [0.2, 0.25) is 0 Å². The highest BCUT2D eigenvalue weighted by atomic mass is 16.5. The van der Waals surface area contributed by atoms with Crippen LogP contribution in [0.15, 0.2) is 0 Å². The minimum atomic E-state index is -1.18. The fraction of sp³-hybridized carbons (Fsp3) is 0.667. The van der Waals surface area contributed by atoms with E-state index >= 15 is 0 Å². The minimum Gasteiger partial charge on any atom is -0.480 e. The second-order valence-corrected chi connectivity index (χ2v) is 1.13. The Labute approximate surface area is 40.6 Å². The summed E-state index contributed by atoms with van der Waals surface area (Å²) < 4.78 is 0. The molecule has 0 aliphatic carbocycles. The van der Waals surface area contributed by atoms with Crippen molar-refractivity contribution in [1.29, 1.82) is 0 Å². The summed E-state index contributed by atoms with van der Waals surface area (Å²) in [6.45, 7) is -0.505. The van der Waals surface area contributed by atoms with Crippen molar-refractivity contribution in [1.82, 2.24) is 0 Å². The standard InChI is InChI=1S/C3H7NO3/c4-2(1-5)3(6)7/h2,5H,1,4H2,(H,6,7)/t2-/m1/s1/i3+1. The smallest absolute Gasteiger partial charge is 0.322 e. The number of aliphatic hydroxyl groups is 1. The summed E-state index contributed by atoms with van der Waals surface area (Å²) in [6.07, 6.45) is 0. The first-order valence-corrected chi connectivity index (χ1v) is 1.77. The van der Waals surface area contributed by atoms with E-state index in [1.54, 1.807) is 0 Å². The lowest BCUT2D eigenvalue weighted by Gasteiger charge is -1.96. The SMILES string of the molecule is N[C@H](CO)[13C](=O)O. The van der Waals surface area contributed by atoms with Crippen LogP contribution in [0.5, 0.6) is 0 Å². The van der Waals surface area contributed by atoms with Crippen molar-refractivity contribution in [2.24, 2.45) is 5.73 Å². The summed E-state index contributed by atoms with van der Waals surface area (Å²) >= 11 is 0. The van der Waals surface area contributed by atoms with E-state index in [1.165, 1.54) is 0 Å². The zero-order valence-corrected chi connectivity index (χ0v) is 3.66. The first-order valence-electron chi connectivity index (χ1n) is 1.77. The van der Waals surface area contributed by atoms with Crippen molar-refractivity contribution < 1.29 is 15.0 Å². The molecular formula is C3H7NO3. The van der Waals surface area contributed by atoms with Crippen LogP contribution in [-0.4, -0.2) is 28.8 Å².